The van der Waals surface area contributed by atoms with E-state index in [4.69, 9.17) is 5.11 Å². The van der Waals surface area contributed by atoms with Crippen molar-refractivity contribution in [2.24, 2.45) is 11.8 Å². The number of aliphatic carboxylic acids is 1. The topological polar surface area (TPSA) is 75.4 Å². The third-order valence-corrected chi connectivity index (χ3v) is 6.63. The molecule has 0 atom stereocenters. The number of hydrogen-bond donors (Lipinski definition) is 1. The third-order valence-electron chi connectivity index (χ3n) is 6.63. The Hall–Kier alpha value is -2.70. The summed E-state index contributed by atoms with van der Waals surface area (Å²) in [7, 11) is 0. The summed E-state index contributed by atoms with van der Waals surface area (Å²) in [6, 6.07) is 6.70. The zero-order valence-electron chi connectivity index (χ0n) is 17.3. The SMILES string of the molecule is Cc1nn(Cc2ccccc2F)c2c1CCN(C(=O)CC1CCC(C(=O)O)CC1)C2. The molecule has 1 aliphatic heterocycles. The maximum absolute atomic E-state index is 14.1. The van der Waals surface area contributed by atoms with E-state index in [9.17, 15) is 14.0 Å². The molecule has 6 nitrogen and oxygen atoms in total. The highest BCUT2D eigenvalue weighted by molar-refractivity contribution is 5.77. The zero-order valence-corrected chi connectivity index (χ0v) is 17.3. The molecule has 160 valence electrons. The largest absolute Gasteiger partial charge is 0.481 e. The van der Waals surface area contributed by atoms with Crippen molar-refractivity contribution in [2.45, 2.75) is 58.5 Å². The van der Waals surface area contributed by atoms with Crippen molar-refractivity contribution < 1.29 is 19.1 Å². The van der Waals surface area contributed by atoms with E-state index in [0.29, 0.717) is 44.5 Å². The molecule has 4 rings (SSSR count). The van der Waals surface area contributed by atoms with Crippen LogP contribution < -0.4 is 0 Å². The summed E-state index contributed by atoms with van der Waals surface area (Å²) in [4.78, 5) is 25.9. The van der Waals surface area contributed by atoms with Crippen LogP contribution in [0.1, 0.15) is 54.6 Å². The monoisotopic (exact) mass is 413 g/mol. The zero-order chi connectivity index (χ0) is 21.3. The molecule has 1 aromatic heterocycles. The van der Waals surface area contributed by atoms with Gasteiger partial charge in [0.1, 0.15) is 5.82 Å². The number of fused-ring (bicyclic) bond motifs is 1. The Bertz CT molecular complexity index is 947. The molecule has 1 amide bonds. The number of hydrogen-bond acceptors (Lipinski definition) is 3. The second-order valence-corrected chi connectivity index (χ2v) is 8.59. The van der Waals surface area contributed by atoms with E-state index in [-0.39, 0.29) is 23.6 Å². The Labute approximate surface area is 175 Å². The lowest BCUT2D eigenvalue weighted by Crippen LogP contribution is -2.38. The second-order valence-electron chi connectivity index (χ2n) is 8.59. The van der Waals surface area contributed by atoms with E-state index < -0.39 is 5.97 Å². The molecule has 7 heteroatoms. The van der Waals surface area contributed by atoms with Gasteiger partial charge in [0.25, 0.3) is 0 Å². The highest BCUT2D eigenvalue weighted by atomic mass is 19.1. The first-order valence-electron chi connectivity index (χ1n) is 10.7. The number of amides is 1. The molecule has 0 bridgehead atoms. The summed E-state index contributed by atoms with van der Waals surface area (Å²) in [6.07, 6.45) is 4.15. The average Bonchev–Trinajstić information content (AvgIpc) is 3.05. The van der Waals surface area contributed by atoms with Gasteiger partial charge >= 0.3 is 5.97 Å². The molecule has 1 aliphatic carbocycles. The van der Waals surface area contributed by atoms with Crippen LogP contribution in [0.3, 0.4) is 0 Å². The van der Waals surface area contributed by atoms with Gasteiger partial charge in [-0.25, -0.2) is 4.39 Å². The number of benzene rings is 1. The molecular weight excluding hydrogens is 385 g/mol. The number of halogens is 1. The second kappa shape index (κ2) is 8.58. The molecule has 30 heavy (non-hydrogen) atoms. The molecule has 0 radical (unpaired) electrons. The molecule has 0 unspecified atom stereocenters. The van der Waals surface area contributed by atoms with E-state index in [1.165, 1.54) is 6.07 Å². The first kappa shape index (κ1) is 20.6. The average molecular weight is 413 g/mol. The van der Waals surface area contributed by atoms with Crippen LogP contribution in [0.15, 0.2) is 24.3 Å². The standard InChI is InChI=1S/C23H28FN3O3/c1-15-19-10-11-26(22(28)12-16-6-8-17(9-7-16)23(29)30)14-21(19)27(25-15)13-18-4-2-3-5-20(18)24/h2-5,16-17H,6-14H2,1H3,(H,29,30). The van der Waals surface area contributed by atoms with Crippen molar-refractivity contribution in [1.29, 1.82) is 0 Å². The number of rotatable bonds is 5. The third kappa shape index (κ3) is 4.25. The van der Waals surface area contributed by atoms with Crippen LogP contribution in [0.4, 0.5) is 4.39 Å². The molecular formula is C23H28FN3O3. The molecule has 2 aliphatic rings. The van der Waals surface area contributed by atoms with Gasteiger partial charge in [0.15, 0.2) is 0 Å². The van der Waals surface area contributed by atoms with Crippen molar-refractivity contribution in [3.8, 4) is 0 Å². The highest BCUT2D eigenvalue weighted by Gasteiger charge is 2.30. The number of carboxylic acids is 1. The van der Waals surface area contributed by atoms with Crippen LogP contribution in [0.2, 0.25) is 0 Å². The fourth-order valence-corrected chi connectivity index (χ4v) is 4.80. The van der Waals surface area contributed by atoms with Crippen molar-refractivity contribution in [1.82, 2.24) is 14.7 Å². The number of carbonyl (C=O) groups is 2. The maximum atomic E-state index is 14.1. The Morgan fingerprint density at radius 2 is 1.93 bits per heavy atom. The number of aromatic nitrogens is 2. The van der Waals surface area contributed by atoms with Crippen LogP contribution in [0.5, 0.6) is 0 Å². The molecule has 1 fully saturated rings. The summed E-state index contributed by atoms with van der Waals surface area (Å²) in [5, 5.41) is 13.8. The van der Waals surface area contributed by atoms with E-state index in [0.717, 1.165) is 36.2 Å². The summed E-state index contributed by atoms with van der Waals surface area (Å²) in [5.74, 6) is -0.846. The molecule has 2 aromatic rings. The summed E-state index contributed by atoms with van der Waals surface area (Å²) < 4.78 is 15.9. The first-order chi connectivity index (χ1) is 14.4. The van der Waals surface area contributed by atoms with Crippen molar-refractivity contribution in [3.05, 3.63) is 52.6 Å². The van der Waals surface area contributed by atoms with Gasteiger partial charge in [-0.3, -0.25) is 14.3 Å². The van der Waals surface area contributed by atoms with Gasteiger partial charge in [-0.15, -0.1) is 0 Å². The lowest BCUT2D eigenvalue weighted by molar-refractivity contribution is -0.143. The van der Waals surface area contributed by atoms with Gasteiger partial charge in [-0.05, 0) is 56.6 Å². The van der Waals surface area contributed by atoms with Crippen LogP contribution >= 0.6 is 0 Å². The Morgan fingerprint density at radius 1 is 1.20 bits per heavy atom. The predicted octanol–water partition coefficient (Wildman–Crippen LogP) is 3.54. The Morgan fingerprint density at radius 3 is 2.63 bits per heavy atom. The van der Waals surface area contributed by atoms with Gasteiger partial charge in [0.05, 0.1) is 30.4 Å². The smallest absolute Gasteiger partial charge is 0.306 e. The van der Waals surface area contributed by atoms with Crippen molar-refractivity contribution >= 4 is 11.9 Å². The summed E-state index contributed by atoms with van der Waals surface area (Å²) in [5.41, 5.74) is 3.68. The Kier molecular flexibility index (Phi) is 5.88. The fraction of sp³-hybridized carbons (Fsp3) is 0.522. The number of nitrogens with zero attached hydrogens (tertiary/aromatic N) is 3. The lowest BCUT2D eigenvalue weighted by atomic mass is 9.80. The maximum Gasteiger partial charge on any atom is 0.306 e. The normalized spacial score (nSPS) is 21.3. The van der Waals surface area contributed by atoms with Crippen molar-refractivity contribution in [3.63, 3.8) is 0 Å². The fourth-order valence-electron chi connectivity index (χ4n) is 4.80. The minimum absolute atomic E-state index is 0.121. The quantitative estimate of drug-likeness (QED) is 0.814. The van der Waals surface area contributed by atoms with Gasteiger partial charge in [0.2, 0.25) is 5.91 Å². The molecule has 1 N–H and O–H groups in total. The van der Waals surface area contributed by atoms with Gasteiger partial charge in [-0.1, -0.05) is 18.2 Å². The van der Waals surface area contributed by atoms with Gasteiger partial charge in [0, 0.05) is 18.5 Å². The number of aryl methyl sites for hydroxylation is 1. The van der Waals surface area contributed by atoms with E-state index in [1.807, 2.05) is 22.6 Å². The Balaban J connectivity index is 1.42. The van der Waals surface area contributed by atoms with E-state index >= 15 is 0 Å². The molecule has 1 aromatic carbocycles. The minimum atomic E-state index is -0.721. The molecule has 0 saturated heterocycles. The summed E-state index contributed by atoms with van der Waals surface area (Å²) >= 11 is 0. The van der Waals surface area contributed by atoms with E-state index in [1.54, 1.807) is 12.1 Å². The molecule has 0 spiro atoms. The van der Waals surface area contributed by atoms with Crippen LogP contribution in [-0.2, 0) is 29.1 Å². The molecule has 2 heterocycles. The summed E-state index contributed by atoms with van der Waals surface area (Å²) in [6.45, 7) is 3.48. The van der Waals surface area contributed by atoms with Gasteiger partial charge in [-0.2, -0.15) is 5.10 Å². The van der Waals surface area contributed by atoms with E-state index in [2.05, 4.69) is 5.10 Å². The van der Waals surface area contributed by atoms with Gasteiger partial charge < -0.3 is 10.0 Å². The lowest BCUT2D eigenvalue weighted by Gasteiger charge is -2.31. The van der Waals surface area contributed by atoms with Crippen molar-refractivity contribution in [2.75, 3.05) is 6.54 Å². The number of carboxylic acid groups (broad SMARTS) is 1. The minimum Gasteiger partial charge on any atom is -0.481 e. The van der Waals surface area contributed by atoms with Crippen LogP contribution in [-0.4, -0.2) is 38.2 Å². The van der Waals surface area contributed by atoms with Crippen LogP contribution in [0.25, 0.3) is 0 Å². The number of carbonyl (C=O) groups excluding carboxylic acids is 1. The first-order valence-corrected chi connectivity index (χ1v) is 10.7. The highest BCUT2D eigenvalue weighted by Crippen LogP contribution is 2.32. The predicted molar refractivity (Wildman–Crippen MR) is 109 cm³/mol. The van der Waals surface area contributed by atoms with Crippen LogP contribution in [0, 0.1) is 24.6 Å². The molecule has 1 saturated carbocycles.